The molecule has 1 aliphatic heterocycles. The van der Waals surface area contributed by atoms with Crippen molar-refractivity contribution in [2.75, 3.05) is 11.9 Å². The molecule has 2 heterocycles. The number of rotatable bonds is 4. The van der Waals surface area contributed by atoms with Gasteiger partial charge in [-0.2, -0.15) is 10.5 Å². The molecule has 1 unspecified atom stereocenters. The molecule has 9 heteroatoms. The van der Waals surface area contributed by atoms with E-state index in [0.29, 0.717) is 21.7 Å². The monoisotopic (exact) mass is 379 g/mol. The molecule has 0 aliphatic carbocycles. The summed E-state index contributed by atoms with van der Waals surface area (Å²) >= 11 is 1.17. The van der Waals surface area contributed by atoms with Crippen LogP contribution in [-0.2, 0) is 15.1 Å². The van der Waals surface area contributed by atoms with Crippen molar-refractivity contribution in [2.45, 2.75) is 12.5 Å². The second kappa shape index (κ2) is 6.90. The van der Waals surface area contributed by atoms with E-state index in [0.717, 1.165) is 4.90 Å². The SMILES string of the molecule is CC1(c2cccc(C#N)c2)NC(=O)N(CC(=O)Nc2sccc2C#N)C1=O. The van der Waals surface area contributed by atoms with Crippen molar-refractivity contribution in [1.29, 1.82) is 10.5 Å². The molecule has 4 amide bonds. The maximum Gasteiger partial charge on any atom is 0.325 e. The molecule has 1 fully saturated rings. The highest BCUT2D eigenvalue weighted by atomic mass is 32.1. The molecule has 2 N–H and O–H groups in total. The summed E-state index contributed by atoms with van der Waals surface area (Å²) in [6, 6.07) is 11.2. The number of hydrogen-bond donors (Lipinski definition) is 2. The van der Waals surface area contributed by atoms with E-state index in [-0.39, 0.29) is 0 Å². The quantitative estimate of drug-likeness (QED) is 0.785. The lowest BCUT2D eigenvalue weighted by Gasteiger charge is -2.22. The first kappa shape index (κ1) is 18.1. The highest BCUT2D eigenvalue weighted by Crippen LogP contribution is 2.29. The topological polar surface area (TPSA) is 126 Å². The number of imide groups is 1. The Kier molecular flexibility index (Phi) is 4.63. The number of thiophene rings is 1. The van der Waals surface area contributed by atoms with Crippen LogP contribution >= 0.6 is 11.3 Å². The van der Waals surface area contributed by atoms with Gasteiger partial charge in [-0.05, 0) is 36.1 Å². The standard InChI is InChI=1S/C18H13N5O3S/c1-18(13-4-2-3-11(7-13)8-19)16(25)23(17(26)22-18)10-14(24)21-15-12(9-20)5-6-27-15/h2-7H,10H2,1H3,(H,21,24)(H,22,26). The number of amides is 4. The lowest BCUT2D eigenvalue weighted by atomic mass is 9.91. The first-order valence-electron chi connectivity index (χ1n) is 7.81. The number of urea groups is 1. The van der Waals surface area contributed by atoms with Crippen LogP contribution in [0.3, 0.4) is 0 Å². The number of nitrogens with one attached hydrogen (secondary N) is 2. The van der Waals surface area contributed by atoms with Crippen molar-refractivity contribution < 1.29 is 14.4 Å². The third-order valence-corrected chi connectivity index (χ3v) is 5.01. The van der Waals surface area contributed by atoms with Gasteiger partial charge >= 0.3 is 6.03 Å². The number of carbonyl (C=O) groups is 3. The molecule has 1 atom stereocenters. The van der Waals surface area contributed by atoms with Crippen LogP contribution in [0.1, 0.15) is 23.6 Å². The zero-order valence-electron chi connectivity index (χ0n) is 14.1. The van der Waals surface area contributed by atoms with Crippen LogP contribution in [-0.4, -0.2) is 29.3 Å². The van der Waals surface area contributed by atoms with Crippen LogP contribution in [0.4, 0.5) is 9.80 Å². The Labute approximate surface area is 158 Å². The van der Waals surface area contributed by atoms with Gasteiger partial charge in [0.2, 0.25) is 5.91 Å². The van der Waals surface area contributed by atoms with E-state index in [1.165, 1.54) is 24.3 Å². The van der Waals surface area contributed by atoms with Crippen molar-refractivity contribution in [3.63, 3.8) is 0 Å². The summed E-state index contributed by atoms with van der Waals surface area (Å²) in [4.78, 5) is 38.2. The van der Waals surface area contributed by atoms with Crippen LogP contribution in [0.5, 0.6) is 0 Å². The minimum Gasteiger partial charge on any atom is -0.319 e. The van der Waals surface area contributed by atoms with E-state index < -0.39 is 29.9 Å². The summed E-state index contributed by atoms with van der Waals surface area (Å²) in [6.07, 6.45) is 0. The maximum atomic E-state index is 12.8. The smallest absolute Gasteiger partial charge is 0.319 e. The molecule has 8 nitrogen and oxygen atoms in total. The predicted molar refractivity (Wildman–Crippen MR) is 96.4 cm³/mol. The molecule has 134 valence electrons. The third kappa shape index (κ3) is 3.24. The Balaban J connectivity index is 1.79. The second-order valence-electron chi connectivity index (χ2n) is 5.96. The van der Waals surface area contributed by atoms with Crippen molar-refractivity contribution in [3.05, 3.63) is 52.4 Å². The average Bonchev–Trinajstić information content (AvgIpc) is 3.20. The van der Waals surface area contributed by atoms with Crippen molar-refractivity contribution >= 4 is 34.2 Å². The van der Waals surface area contributed by atoms with Gasteiger partial charge in [0.25, 0.3) is 5.91 Å². The molecular weight excluding hydrogens is 366 g/mol. The van der Waals surface area contributed by atoms with Crippen molar-refractivity contribution in [2.24, 2.45) is 0 Å². The molecule has 1 aromatic carbocycles. The lowest BCUT2D eigenvalue weighted by molar-refractivity contribution is -0.133. The van der Waals surface area contributed by atoms with Gasteiger partial charge in [-0.25, -0.2) is 4.79 Å². The molecule has 1 aliphatic rings. The molecule has 1 aromatic heterocycles. The van der Waals surface area contributed by atoms with Gasteiger partial charge in [-0.1, -0.05) is 12.1 Å². The number of carbonyl (C=O) groups excluding carboxylic acids is 3. The van der Waals surface area contributed by atoms with Crippen molar-refractivity contribution in [3.8, 4) is 12.1 Å². The summed E-state index contributed by atoms with van der Waals surface area (Å²) in [5, 5.41) is 25.1. The number of nitrogens with zero attached hydrogens (tertiary/aromatic N) is 3. The fourth-order valence-electron chi connectivity index (χ4n) is 2.74. The zero-order chi connectivity index (χ0) is 19.6. The largest absolute Gasteiger partial charge is 0.325 e. The van der Waals surface area contributed by atoms with E-state index >= 15 is 0 Å². The summed E-state index contributed by atoms with van der Waals surface area (Å²) < 4.78 is 0. The minimum absolute atomic E-state index is 0.309. The van der Waals surface area contributed by atoms with E-state index in [2.05, 4.69) is 10.6 Å². The Morgan fingerprint density at radius 3 is 2.78 bits per heavy atom. The van der Waals surface area contributed by atoms with E-state index in [4.69, 9.17) is 10.5 Å². The highest BCUT2D eigenvalue weighted by molar-refractivity contribution is 7.14. The molecule has 3 rings (SSSR count). The Morgan fingerprint density at radius 1 is 1.30 bits per heavy atom. The maximum absolute atomic E-state index is 12.8. The number of anilines is 1. The first-order valence-corrected chi connectivity index (χ1v) is 8.69. The summed E-state index contributed by atoms with van der Waals surface area (Å²) in [7, 11) is 0. The average molecular weight is 379 g/mol. The molecule has 0 spiro atoms. The van der Waals surface area contributed by atoms with Crippen LogP contribution in [0.25, 0.3) is 0 Å². The van der Waals surface area contributed by atoms with Gasteiger partial charge in [0.05, 0.1) is 17.2 Å². The van der Waals surface area contributed by atoms with E-state index in [1.807, 2.05) is 12.1 Å². The highest BCUT2D eigenvalue weighted by Gasteiger charge is 2.49. The van der Waals surface area contributed by atoms with Crippen LogP contribution in [0, 0.1) is 22.7 Å². The Bertz CT molecular complexity index is 1030. The first-order chi connectivity index (χ1) is 12.9. The number of benzene rings is 1. The molecular formula is C18H13N5O3S. The zero-order valence-corrected chi connectivity index (χ0v) is 15.0. The number of nitriles is 2. The predicted octanol–water partition coefficient (Wildman–Crippen LogP) is 1.90. The fraction of sp³-hybridized carbons (Fsp3) is 0.167. The lowest BCUT2D eigenvalue weighted by Crippen LogP contribution is -2.42. The number of hydrogen-bond acceptors (Lipinski definition) is 6. The van der Waals surface area contributed by atoms with Crippen LogP contribution in [0.15, 0.2) is 35.7 Å². The minimum atomic E-state index is -1.37. The third-order valence-electron chi connectivity index (χ3n) is 4.18. The fourth-order valence-corrected chi connectivity index (χ4v) is 3.49. The van der Waals surface area contributed by atoms with Crippen LogP contribution < -0.4 is 10.6 Å². The molecule has 0 saturated carbocycles. The summed E-state index contributed by atoms with van der Waals surface area (Å²) in [6.45, 7) is 1.04. The Hall–Kier alpha value is -3.69. The van der Waals surface area contributed by atoms with E-state index in [9.17, 15) is 14.4 Å². The van der Waals surface area contributed by atoms with Gasteiger partial charge in [-0.15, -0.1) is 11.3 Å². The molecule has 2 aromatic rings. The summed E-state index contributed by atoms with van der Waals surface area (Å²) in [5.41, 5.74) is -0.254. The molecule has 1 saturated heterocycles. The molecule has 0 bridgehead atoms. The van der Waals surface area contributed by atoms with Crippen molar-refractivity contribution in [1.82, 2.24) is 10.2 Å². The van der Waals surface area contributed by atoms with Gasteiger partial charge < -0.3 is 10.6 Å². The molecule has 0 radical (unpaired) electrons. The van der Waals surface area contributed by atoms with Gasteiger partial charge in [0, 0.05) is 0 Å². The van der Waals surface area contributed by atoms with Gasteiger partial charge in [-0.3, -0.25) is 14.5 Å². The van der Waals surface area contributed by atoms with E-state index in [1.54, 1.807) is 29.6 Å². The Morgan fingerprint density at radius 2 is 2.07 bits per heavy atom. The second-order valence-corrected chi connectivity index (χ2v) is 6.88. The van der Waals surface area contributed by atoms with Gasteiger partial charge in [0.1, 0.15) is 23.2 Å². The summed E-state index contributed by atoms with van der Waals surface area (Å²) in [5.74, 6) is -1.18. The molecule has 27 heavy (non-hydrogen) atoms. The normalized spacial score (nSPS) is 18.6. The van der Waals surface area contributed by atoms with Crippen LogP contribution in [0.2, 0.25) is 0 Å². The van der Waals surface area contributed by atoms with Gasteiger partial charge in [0.15, 0.2) is 0 Å².